The van der Waals surface area contributed by atoms with E-state index in [9.17, 15) is 5.11 Å². The van der Waals surface area contributed by atoms with Crippen LogP contribution in [-0.4, -0.2) is 24.3 Å². The normalized spacial score (nSPS) is 21.6. The second-order valence-corrected chi connectivity index (χ2v) is 4.01. The second kappa shape index (κ2) is 3.67. The lowest BCUT2D eigenvalue weighted by atomic mass is 10.2. The van der Waals surface area contributed by atoms with E-state index < -0.39 is 0 Å². The van der Waals surface area contributed by atoms with Gasteiger partial charge in [-0.1, -0.05) is 11.6 Å². The third-order valence-electron chi connectivity index (χ3n) is 2.48. The Morgan fingerprint density at radius 2 is 2.29 bits per heavy atom. The molecule has 0 bridgehead atoms. The zero-order valence-corrected chi connectivity index (χ0v) is 8.54. The molecule has 0 saturated carbocycles. The topological polar surface area (TPSA) is 49.5 Å². The van der Waals surface area contributed by atoms with Crippen LogP contribution < -0.4 is 10.6 Å². The number of nitrogens with zero attached hydrogens (tertiary/aromatic N) is 1. The second-order valence-electron chi connectivity index (χ2n) is 3.60. The molecule has 0 spiro atoms. The summed E-state index contributed by atoms with van der Waals surface area (Å²) in [6.45, 7) is 1.51. The van der Waals surface area contributed by atoms with Crippen molar-refractivity contribution in [1.29, 1.82) is 0 Å². The van der Waals surface area contributed by atoms with Crippen LogP contribution >= 0.6 is 11.6 Å². The van der Waals surface area contributed by atoms with E-state index >= 15 is 0 Å². The molecule has 2 rings (SSSR count). The van der Waals surface area contributed by atoms with Crippen LogP contribution in [0.25, 0.3) is 0 Å². The number of nitrogens with two attached hydrogens (primary N) is 1. The smallest absolute Gasteiger partial charge is 0.0731 e. The van der Waals surface area contributed by atoms with Crippen molar-refractivity contribution in [2.24, 2.45) is 0 Å². The minimum Gasteiger partial charge on any atom is -0.399 e. The van der Waals surface area contributed by atoms with Crippen molar-refractivity contribution < 1.29 is 5.11 Å². The Balaban J connectivity index is 2.24. The van der Waals surface area contributed by atoms with Crippen LogP contribution in [-0.2, 0) is 0 Å². The molecule has 1 aliphatic rings. The van der Waals surface area contributed by atoms with Crippen molar-refractivity contribution in [3.05, 3.63) is 23.2 Å². The molecule has 76 valence electrons. The number of β-amino-alcohol motifs (C(OH)–C–C–N with tert-alkyl or cyclic N) is 1. The lowest BCUT2D eigenvalue weighted by molar-refractivity contribution is 0.198. The largest absolute Gasteiger partial charge is 0.399 e. The summed E-state index contributed by atoms with van der Waals surface area (Å²) in [5, 5.41) is 10.0. The van der Waals surface area contributed by atoms with Crippen LogP contribution in [0.5, 0.6) is 0 Å². The summed E-state index contributed by atoms with van der Waals surface area (Å²) < 4.78 is 0. The maximum Gasteiger partial charge on any atom is 0.0731 e. The van der Waals surface area contributed by atoms with Gasteiger partial charge in [0.25, 0.3) is 0 Å². The van der Waals surface area contributed by atoms with Crippen LogP contribution in [0.15, 0.2) is 18.2 Å². The van der Waals surface area contributed by atoms with E-state index in [2.05, 4.69) is 4.90 Å². The molecule has 14 heavy (non-hydrogen) atoms. The van der Waals surface area contributed by atoms with E-state index in [-0.39, 0.29) is 6.10 Å². The highest BCUT2D eigenvalue weighted by Gasteiger charge is 2.21. The summed E-state index contributed by atoms with van der Waals surface area (Å²) >= 11 is 6.05. The molecule has 1 fully saturated rings. The average Bonchev–Trinajstić information content (AvgIpc) is 2.51. The van der Waals surface area contributed by atoms with Crippen molar-refractivity contribution in [1.82, 2.24) is 0 Å². The van der Waals surface area contributed by atoms with Gasteiger partial charge < -0.3 is 15.7 Å². The highest BCUT2D eigenvalue weighted by molar-refractivity contribution is 6.33. The monoisotopic (exact) mass is 212 g/mol. The van der Waals surface area contributed by atoms with E-state index in [4.69, 9.17) is 17.3 Å². The molecule has 1 aliphatic heterocycles. The Kier molecular flexibility index (Phi) is 2.52. The number of hydrogen-bond donors (Lipinski definition) is 2. The van der Waals surface area contributed by atoms with Gasteiger partial charge in [0.1, 0.15) is 0 Å². The van der Waals surface area contributed by atoms with Gasteiger partial charge >= 0.3 is 0 Å². The number of halogens is 1. The molecule has 0 radical (unpaired) electrons. The lowest BCUT2D eigenvalue weighted by Gasteiger charge is -2.19. The Labute approximate surface area is 88.1 Å². The molecule has 1 saturated heterocycles. The number of anilines is 2. The van der Waals surface area contributed by atoms with Gasteiger partial charge in [0, 0.05) is 18.8 Å². The van der Waals surface area contributed by atoms with E-state index in [0.717, 1.165) is 18.7 Å². The van der Waals surface area contributed by atoms with Gasteiger partial charge in [-0.3, -0.25) is 0 Å². The Morgan fingerprint density at radius 3 is 2.86 bits per heavy atom. The summed E-state index contributed by atoms with van der Waals surface area (Å²) in [5.74, 6) is 0. The van der Waals surface area contributed by atoms with Gasteiger partial charge in [0.15, 0.2) is 0 Å². The first kappa shape index (κ1) is 9.62. The highest BCUT2D eigenvalue weighted by Crippen LogP contribution is 2.30. The molecule has 0 aliphatic carbocycles. The standard InChI is InChI=1S/C10H13ClN2O/c11-9-5-7(12)1-2-10(9)13-4-3-8(14)6-13/h1-2,5,8,14H,3-4,6,12H2/t8-/m1/s1. The number of benzene rings is 1. The van der Waals surface area contributed by atoms with Crippen molar-refractivity contribution >= 4 is 23.0 Å². The number of aliphatic hydroxyl groups excluding tert-OH is 1. The number of hydrogen-bond acceptors (Lipinski definition) is 3. The van der Waals surface area contributed by atoms with Crippen LogP contribution in [0.1, 0.15) is 6.42 Å². The predicted molar refractivity (Wildman–Crippen MR) is 58.7 cm³/mol. The summed E-state index contributed by atoms with van der Waals surface area (Å²) in [4.78, 5) is 2.08. The summed E-state index contributed by atoms with van der Waals surface area (Å²) in [6.07, 6.45) is 0.573. The minimum atomic E-state index is -0.233. The number of aliphatic hydroxyl groups is 1. The summed E-state index contributed by atoms with van der Waals surface area (Å²) in [5.41, 5.74) is 7.22. The van der Waals surface area contributed by atoms with E-state index in [1.54, 1.807) is 6.07 Å². The first-order valence-electron chi connectivity index (χ1n) is 4.65. The average molecular weight is 213 g/mol. The van der Waals surface area contributed by atoms with Gasteiger partial charge in [0.05, 0.1) is 16.8 Å². The Bertz CT molecular complexity index is 343. The molecule has 0 aromatic heterocycles. The minimum absolute atomic E-state index is 0.233. The van der Waals surface area contributed by atoms with Gasteiger partial charge in [-0.25, -0.2) is 0 Å². The van der Waals surface area contributed by atoms with Crippen LogP contribution in [0.4, 0.5) is 11.4 Å². The molecule has 1 aromatic carbocycles. The first-order valence-corrected chi connectivity index (χ1v) is 5.02. The highest BCUT2D eigenvalue weighted by atomic mass is 35.5. The summed E-state index contributed by atoms with van der Waals surface area (Å²) in [7, 11) is 0. The Morgan fingerprint density at radius 1 is 1.50 bits per heavy atom. The molecule has 3 nitrogen and oxygen atoms in total. The zero-order valence-electron chi connectivity index (χ0n) is 7.78. The fourth-order valence-electron chi connectivity index (χ4n) is 1.74. The van der Waals surface area contributed by atoms with E-state index in [1.165, 1.54) is 0 Å². The number of nitrogen functional groups attached to an aromatic ring is 1. The van der Waals surface area contributed by atoms with E-state index in [0.29, 0.717) is 17.3 Å². The molecule has 0 amide bonds. The van der Waals surface area contributed by atoms with Gasteiger partial charge in [-0.05, 0) is 24.6 Å². The molecular formula is C10H13ClN2O. The molecule has 0 unspecified atom stereocenters. The quantitative estimate of drug-likeness (QED) is 0.694. The third kappa shape index (κ3) is 1.79. The van der Waals surface area contributed by atoms with Gasteiger partial charge in [-0.15, -0.1) is 0 Å². The predicted octanol–water partition coefficient (Wildman–Crippen LogP) is 1.49. The van der Waals surface area contributed by atoms with Gasteiger partial charge in [-0.2, -0.15) is 0 Å². The maximum atomic E-state index is 9.40. The fourth-order valence-corrected chi connectivity index (χ4v) is 2.05. The van der Waals surface area contributed by atoms with Crippen molar-refractivity contribution in [3.63, 3.8) is 0 Å². The van der Waals surface area contributed by atoms with Crippen LogP contribution in [0.3, 0.4) is 0 Å². The summed E-state index contributed by atoms with van der Waals surface area (Å²) in [6, 6.07) is 5.46. The SMILES string of the molecule is Nc1ccc(N2CC[C@@H](O)C2)c(Cl)c1. The van der Waals surface area contributed by atoms with E-state index in [1.807, 2.05) is 12.1 Å². The molecule has 3 N–H and O–H groups in total. The van der Waals surface area contributed by atoms with Crippen molar-refractivity contribution in [2.45, 2.75) is 12.5 Å². The first-order chi connectivity index (χ1) is 6.66. The van der Waals surface area contributed by atoms with Crippen LogP contribution in [0, 0.1) is 0 Å². The molecule has 1 atom stereocenters. The lowest BCUT2D eigenvalue weighted by Crippen LogP contribution is -2.21. The molecular weight excluding hydrogens is 200 g/mol. The Hall–Kier alpha value is -0.930. The zero-order chi connectivity index (χ0) is 10.1. The third-order valence-corrected chi connectivity index (χ3v) is 2.78. The van der Waals surface area contributed by atoms with Crippen LogP contribution in [0.2, 0.25) is 5.02 Å². The molecule has 1 heterocycles. The fraction of sp³-hybridized carbons (Fsp3) is 0.400. The maximum absolute atomic E-state index is 9.40. The van der Waals surface area contributed by atoms with Crippen molar-refractivity contribution in [2.75, 3.05) is 23.7 Å². The molecule has 4 heteroatoms. The number of rotatable bonds is 1. The van der Waals surface area contributed by atoms with Gasteiger partial charge in [0.2, 0.25) is 0 Å². The van der Waals surface area contributed by atoms with Crippen molar-refractivity contribution in [3.8, 4) is 0 Å². The molecule has 1 aromatic rings.